The highest BCUT2D eigenvalue weighted by Crippen LogP contribution is 2.34. The van der Waals surface area contributed by atoms with Crippen LogP contribution in [0, 0.1) is 15.9 Å². The minimum absolute atomic E-state index is 0.00331. The molecule has 6 nitrogen and oxygen atoms in total. The third-order valence-electron chi connectivity index (χ3n) is 2.70. The molecule has 0 amide bonds. The first-order valence-corrected chi connectivity index (χ1v) is 5.60. The predicted molar refractivity (Wildman–Crippen MR) is 67.1 cm³/mol. The first kappa shape index (κ1) is 13.0. The Hall–Kier alpha value is -2.44. The minimum Gasteiger partial charge on any atom is -0.367 e. The maximum Gasteiger partial charge on any atom is 0.273 e. The zero-order valence-electron chi connectivity index (χ0n) is 10.4. The van der Waals surface area contributed by atoms with Crippen LogP contribution in [0.25, 0.3) is 11.3 Å². The quantitative estimate of drug-likeness (QED) is 0.679. The molecule has 1 aromatic heterocycles. The zero-order chi connectivity index (χ0) is 14.2. The summed E-state index contributed by atoms with van der Waals surface area (Å²) < 4.78 is 18.3. The van der Waals surface area contributed by atoms with Crippen molar-refractivity contribution in [2.75, 3.05) is 5.73 Å². The molecule has 0 aliphatic rings. The predicted octanol–water partition coefficient (Wildman–Crippen LogP) is 3.09. The maximum absolute atomic E-state index is 13.4. The van der Waals surface area contributed by atoms with Gasteiger partial charge in [0.25, 0.3) is 5.69 Å². The number of rotatable bonds is 3. The molecule has 0 saturated carbocycles. The number of nitrogens with zero attached hydrogens (tertiary/aromatic N) is 2. The van der Waals surface area contributed by atoms with E-state index in [0.29, 0.717) is 11.3 Å². The standard InChI is InChI=1S/C12H12FN3O3/c1-6(2)10-11(15-19-12(10)14)7-3-8(13)5-9(4-7)16(17)18/h3-6H,14H2,1-2H3. The molecule has 0 spiro atoms. The lowest BCUT2D eigenvalue weighted by Crippen LogP contribution is -1.96. The fourth-order valence-electron chi connectivity index (χ4n) is 1.89. The number of non-ortho nitro benzene ring substituents is 1. The summed E-state index contributed by atoms with van der Waals surface area (Å²) in [6, 6.07) is 3.25. The lowest BCUT2D eigenvalue weighted by molar-refractivity contribution is -0.385. The molecule has 1 aromatic carbocycles. The fraction of sp³-hybridized carbons (Fsp3) is 0.250. The number of hydrogen-bond donors (Lipinski definition) is 1. The second kappa shape index (κ2) is 4.68. The number of hydrogen-bond acceptors (Lipinski definition) is 5. The van der Waals surface area contributed by atoms with E-state index >= 15 is 0 Å². The summed E-state index contributed by atoms with van der Waals surface area (Å²) in [6.07, 6.45) is 0. The van der Waals surface area contributed by atoms with E-state index in [0.717, 1.165) is 12.1 Å². The summed E-state index contributed by atoms with van der Waals surface area (Å²) in [5, 5.41) is 14.5. The summed E-state index contributed by atoms with van der Waals surface area (Å²) in [5.41, 5.74) is 6.53. The highest BCUT2D eigenvalue weighted by Gasteiger charge is 2.21. The highest BCUT2D eigenvalue weighted by atomic mass is 19.1. The van der Waals surface area contributed by atoms with Gasteiger partial charge < -0.3 is 10.3 Å². The molecule has 2 aromatic rings. The number of nitrogens with two attached hydrogens (primary N) is 1. The molecule has 7 heteroatoms. The van der Waals surface area contributed by atoms with Crippen LogP contribution in [0.4, 0.5) is 16.0 Å². The van der Waals surface area contributed by atoms with Crippen molar-refractivity contribution in [2.24, 2.45) is 0 Å². The third-order valence-corrected chi connectivity index (χ3v) is 2.70. The molecule has 1 heterocycles. The lowest BCUT2D eigenvalue weighted by Gasteiger charge is -2.05. The van der Waals surface area contributed by atoms with Crippen LogP contribution in [0.5, 0.6) is 0 Å². The molecule has 0 aliphatic heterocycles. The average Bonchev–Trinajstić information content (AvgIpc) is 2.70. The Labute approximate surface area is 108 Å². The number of halogens is 1. The van der Waals surface area contributed by atoms with Gasteiger partial charge in [0.15, 0.2) is 0 Å². The molecular formula is C12H12FN3O3. The molecule has 0 bridgehead atoms. The molecule has 0 unspecified atom stereocenters. The second-order valence-electron chi connectivity index (χ2n) is 4.42. The highest BCUT2D eigenvalue weighted by molar-refractivity contribution is 5.69. The van der Waals surface area contributed by atoms with Gasteiger partial charge in [0, 0.05) is 17.2 Å². The summed E-state index contributed by atoms with van der Waals surface area (Å²) >= 11 is 0. The van der Waals surface area contributed by atoms with Crippen LogP contribution in [0.1, 0.15) is 25.3 Å². The van der Waals surface area contributed by atoms with Crippen molar-refractivity contribution in [3.63, 3.8) is 0 Å². The molecule has 2 rings (SSSR count). The van der Waals surface area contributed by atoms with Crippen LogP contribution in [-0.4, -0.2) is 10.1 Å². The van der Waals surface area contributed by atoms with Gasteiger partial charge in [0.1, 0.15) is 11.5 Å². The first-order valence-electron chi connectivity index (χ1n) is 5.60. The van der Waals surface area contributed by atoms with Crippen LogP contribution < -0.4 is 5.73 Å². The van der Waals surface area contributed by atoms with Gasteiger partial charge in [-0.05, 0) is 12.0 Å². The Morgan fingerprint density at radius 3 is 2.68 bits per heavy atom. The van der Waals surface area contributed by atoms with Crippen LogP contribution in [0.15, 0.2) is 22.7 Å². The van der Waals surface area contributed by atoms with Crippen molar-refractivity contribution >= 4 is 11.6 Å². The van der Waals surface area contributed by atoms with E-state index in [4.69, 9.17) is 10.3 Å². The summed E-state index contributed by atoms with van der Waals surface area (Å²) in [5.74, 6) is -0.569. The van der Waals surface area contributed by atoms with Crippen LogP contribution in [0.3, 0.4) is 0 Å². The smallest absolute Gasteiger partial charge is 0.273 e. The Kier molecular flexibility index (Phi) is 3.20. The van der Waals surface area contributed by atoms with Crippen molar-refractivity contribution < 1.29 is 13.8 Å². The van der Waals surface area contributed by atoms with E-state index in [9.17, 15) is 14.5 Å². The SMILES string of the molecule is CC(C)c1c(-c2cc(F)cc([N+](=O)[O-])c2)noc1N. The third kappa shape index (κ3) is 2.40. The van der Waals surface area contributed by atoms with E-state index in [2.05, 4.69) is 5.16 Å². The van der Waals surface area contributed by atoms with E-state index in [1.54, 1.807) is 0 Å². The molecule has 100 valence electrons. The number of aromatic nitrogens is 1. The molecule has 0 radical (unpaired) electrons. The Balaban J connectivity index is 2.62. The molecular weight excluding hydrogens is 253 g/mol. The molecule has 0 fully saturated rings. The maximum atomic E-state index is 13.4. The topological polar surface area (TPSA) is 95.2 Å². The van der Waals surface area contributed by atoms with Gasteiger partial charge in [-0.2, -0.15) is 0 Å². The van der Waals surface area contributed by atoms with E-state index in [1.807, 2.05) is 13.8 Å². The van der Waals surface area contributed by atoms with Crippen molar-refractivity contribution in [1.29, 1.82) is 0 Å². The van der Waals surface area contributed by atoms with Crippen molar-refractivity contribution in [1.82, 2.24) is 5.16 Å². The molecule has 0 atom stereocenters. The Morgan fingerprint density at radius 1 is 1.42 bits per heavy atom. The normalized spacial score (nSPS) is 10.9. The number of anilines is 1. The van der Waals surface area contributed by atoms with E-state index in [-0.39, 0.29) is 23.1 Å². The molecule has 0 saturated heterocycles. The van der Waals surface area contributed by atoms with E-state index < -0.39 is 10.7 Å². The first-order chi connectivity index (χ1) is 8.90. The number of nitro groups is 1. The van der Waals surface area contributed by atoms with Crippen LogP contribution in [-0.2, 0) is 0 Å². The zero-order valence-corrected chi connectivity index (χ0v) is 10.4. The van der Waals surface area contributed by atoms with Crippen LogP contribution in [0.2, 0.25) is 0 Å². The summed E-state index contributed by atoms with van der Waals surface area (Å²) in [6.45, 7) is 3.75. The van der Waals surface area contributed by atoms with Gasteiger partial charge in [0.2, 0.25) is 5.88 Å². The van der Waals surface area contributed by atoms with E-state index in [1.165, 1.54) is 6.07 Å². The van der Waals surface area contributed by atoms with Crippen molar-refractivity contribution in [3.8, 4) is 11.3 Å². The number of nitrogen functional groups attached to an aromatic ring is 1. The van der Waals surface area contributed by atoms with Gasteiger partial charge in [-0.25, -0.2) is 4.39 Å². The number of nitro benzene ring substituents is 1. The summed E-state index contributed by atoms with van der Waals surface area (Å²) in [7, 11) is 0. The number of benzene rings is 1. The fourth-order valence-corrected chi connectivity index (χ4v) is 1.89. The molecule has 19 heavy (non-hydrogen) atoms. The molecule has 2 N–H and O–H groups in total. The second-order valence-corrected chi connectivity index (χ2v) is 4.42. The van der Waals surface area contributed by atoms with Crippen molar-refractivity contribution in [2.45, 2.75) is 19.8 Å². The monoisotopic (exact) mass is 265 g/mol. The summed E-state index contributed by atoms with van der Waals surface area (Å²) in [4.78, 5) is 10.1. The van der Waals surface area contributed by atoms with Gasteiger partial charge >= 0.3 is 0 Å². The van der Waals surface area contributed by atoms with Gasteiger partial charge in [-0.15, -0.1) is 0 Å². The molecule has 0 aliphatic carbocycles. The van der Waals surface area contributed by atoms with Crippen molar-refractivity contribution in [3.05, 3.63) is 39.7 Å². The van der Waals surface area contributed by atoms with Gasteiger partial charge in [-0.3, -0.25) is 10.1 Å². The minimum atomic E-state index is -0.708. The van der Waals surface area contributed by atoms with Gasteiger partial charge in [-0.1, -0.05) is 19.0 Å². The average molecular weight is 265 g/mol. The lowest BCUT2D eigenvalue weighted by atomic mass is 9.98. The Bertz CT molecular complexity index is 637. The van der Waals surface area contributed by atoms with Crippen LogP contribution >= 0.6 is 0 Å². The Morgan fingerprint density at radius 2 is 2.11 bits per heavy atom. The largest absolute Gasteiger partial charge is 0.367 e. The van der Waals surface area contributed by atoms with Gasteiger partial charge in [0.05, 0.1) is 11.0 Å².